The van der Waals surface area contributed by atoms with Gasteiger partial charge >= 0.3 is 5.97 Å². The van der Waals surface area contributed by atoms with Crippen molar-refractivity contribution in [2.24, 2.45) is 0 Å². The zero-order valence-corrected chi connectivity index (χ0v) is 13.5. The Morgan fingerprint density at radius 1 is 1.29 bits per heavy atom. The summed E-state index contributed by atoms with van der Waals surface area (Å²) in [6.07, 6.45) is 2.22. The quantitative estimate of drug-likeness (QED) is 0.685. The van der Waals surface area contributed by atoms with E-state index in [1.807, 2.05) is 37.3 Å². The summed E-state index contributed by atoms with van der Waals surface area (Å²) in [4.78, 5) is 19.5. The number of benzene rings is 1. The van der Waals surface area contributed by atoms with Gasteiger partial charge < -0.3 is 20.5 Å². The van der Waals surface area contributed by atoms with E-state index < -0.39 is 5.97 Å². The van der Waals surface area contributed by atoms with Crippen molar-refractivity contribution in [2.45, 2.75) is 25.7 Å². The molecule has 0 atom stereocenters. The first-order valence-corrected chi connectivity index (χ1v) is 7.98. The first-order valence-electron chi connectivity index (χ1n) is 7.98. The Hall–Kier alpha value is -2.83. The number of carboxylic acid groups (broad SMARTS) is 1. The third-order valence-corrected chi connectivity index (χ3v) is 3.58. The van der Waals surface area contributed by atoms with Crippen LogP contribution < -0.4 is 15.4 Å². The number of nitrogens with one attached hydrogen (secondary N) is 2. The van der Waals surface area contributed by atoms with E-state index in [1.54, 1.807) is 0 Å². The topological polar surface area (TPSA) is 96.4 Å². The van der Waals surface area contributed by atoms with E-state index in [0.29, 0.717) is 24.3 Å². The number of hydrogen-bond acceptors (Lipinski definition) is 6. The molecule has 7 heteroatoms. The molecule has 2 aromatic rings. The lowest BCUT2D eigenvalue weighted by Gasteiger charge is -2.11. The summed E-state index contributed by atoms with van der Waals surface area (Å²) < 4.78 is 5.42. The summed E-state index contributed by atoms with van der Waals surface area (Å²) in [6.45, 7) is 2.36. The molecule has 1 aromatic carbocycles. The monoisotopic (exact) mass is 328 g/mol. The molecule has 1 fully saturated rings. The fourth-order valence-electron chi connectivity index (χ4n) is 2.30. The van der Waals surface area contributed by atoms with Crippen molar-refractivity contribution >= 4 is 23.4 Å². The lowest BCUT2D eigenvalue weighted by Crippen LogP contribution is -2.15. The van der Waals surface area contributed by atoms with Gasteiger partial charge in [-0.1, -0.05) is 0 Å². The highest BCUT2D eigenvalue weighted by Gasteiger charge is 2.26. The van der Waals surface area contributed by atoms with Crippen molar-refractivity contribution < 1.29 is 14.6 Å². The van der Waals surface area contributed by atoms with E-state index in [2.05, 4.69) is 20.6 Å². The summed E-state index contributed by atoms with van der Waals surface area (Å²) in [5.41, 5.74) is 1.81. The molecule has 1 heterocycles. The molecule has 0 bridgehead atoms. The van der Waals surface area contributed by atoms with Crippen LogP contribution in [0.5, 0.6) is 5.75 Å². The molecular formula is C17H20N4O3. The molecule has 0 unspecified atom stereocenters. The van der Waals surface area contributed by atoms with Crippen LogP contribution in [0.2, 0.25) is 0 Å². The lowest BCUT2D eigenvalue weighted by molar-refractivity contribution is -0.134. The van der Waals surface area contributed by atoms with Crippen molar-refractivity contribution in [2.75, 3.05) is 23.8 Å². The first-order chi connectivity index (χ1) is 11.6. The molecule has 0 spiro atoms. The highest BCUT2D eigenvalue weighted by atomic mass is 16.5. The SMILES string of the molecule is CCOc1ccc(Nc2cc(C3CC3)nc(NCC(=O)O)n2)cc1. The van der Waals surface area contributed by atoms with Gasteiger partial charge in [0, 0.05) is 17.7 Å². The van der Waals surface area contributed by atoms with E-state index in [-0.39, 0.29) is 6.54 Å². The number of nitrogens with zero attached hydrogens (tertiary/aromatic N) is 2. The molecule has 1 aliphatic carbocycles. The minimum absolute atomic E-state index is 0.212. The van der Waals surface area contributed by atoms with Crippen molar-refractivity contribution in [3.8, 4) is 5.75 Å². The third-order valence-electron chi connectivity index (χ3n) is 3.58. The third kappa shape index (κ3) is 4.34. The van der Waals surface area contributed by atoms with Crippen molar-refractivity contribution in [1.82, 2.24) is 9.97 Å². The number of aromatic nitrogens is 2. The Kier molecular flexibility index (Phi) is 4.79. The van der Waals surface area contributed by atoms with E-state index in [1.165, 1.54) is 0 Å². The average molecular weight is 328 g/mol. The van der Waals surface area contributed by atoms with Crippen molar-refractivity contribution in [3.63, 3.8) is 0 Å². The van der Waals surface area contributed by atoms with Gasteiger partial charge in [-0.15, -0.1) is 0 Å². The normalized spacial score (nSPS) is 13.4. The zero-order valence-electron chi connectivity index (χ0n) is 13.5. The molecule has 126 valence electrons. The van der Waals surface area contributed by atoms with Crippen LogP contribution in [0.4, 0.5) is 17.5 Å². The second kappa shape index (κ2) is 7.16. The van der Waals surface area contributed by atoms with E-state index >= 15 is 0 Å². The van der Waals surface area contributed by atoms with Crippen molar-refractivity contribution in [3.05, 3.63) is 36.0 Å². The molecular weight excluding hydrogens is 308 g/mol. The summed E-state index contributed by atoms with van der Waals surface area (Å²) in [5, 5.41) is 14.8. The molecule has 0 radical (unpaired) electrons. The molecule has 0 saturated heterocycles. The van der Waals surface area contributed by atoms with Crippen LogP contribution in [0.15, 0.2) is 30.3 Å². The molecule has 3 N–H and O–H groups in total. The van der Waals surface area contributed by atoms with Crippen LogP contribution >= 0.6 is 0 Å². The predicted molar refractivity (Wildman–Crippen MR) is 91.0 cm³/mol. The molecule has 1 aliphatic rings. The largest absolute Gasteiger partial charge is 0.494 e. The molecule has 7 nitrogen and oxygen atoms in total. The summed E-state index contributed by atoms with van der Waals surface area (Å²) >= 11 is 0. The molecule has 1 aromatic heterocycles. The molecule has 3 rings (SSSR count). The minimum atomic E-state index is -0.948. The maximum Gasteiger partial charge on any atom is 0.322 e. The van der Waals surface area contributed by atoms with Gasteiger partial charge in [0.15, 0.2) is 0 Å². The Bertz CT molecular complexity index is 714. The van der Waals surface area contributed by atoms with Gasteiger partial charge in [-0.05, 0) is 44.0 Å². The lowest BCUT2D eigenvalue weighted by atomic mass is 10.2. The van der Waals surface area contributed by atoms with Crippen LogP contribution in [0.3, 0.4) is 0 Å². The summed E-state index contributed by atoms with van der Waals surface area (Å²) in [7, 11) is 0. The number of ether oxygens (including phenoxy) is 1. The highest BCUT2D eigenvalue weighted by molar-refractivity contribution is 5.72. The zero-order chi connectivity index (χ0) is 16.9. The number of anilines is 3. The predicted octanol–water partition coefficient (Wildman–Crippen LogP) is 2.99. The number of rotatable bonds is 8. The minimum Gasteiger partial charge on any atom is -0.494 e. The number of aliphatic carboxylic acids is 1. The second-order valence-electron chi connectivity index (χ2n) is 5.61. The van der Waals surface area contributed by atoms with Crippen LogP contribution in [0.25, 0.3) is 0 Å². The standard InChI is InChI=1S/C17H20N4O3/c1-2-24-13-7-5-12(6-8-13)19-15-9-14(11-3-4-11)20-17(21-15)18-10-16(22)23/h5-9,11H,2-4,10H2,1H3,(H,22,23)(H2,18,19,20,21). The molecule has 24 heavy (non-hydrogen) atoms. The Morgan fingerprint density at radius 2 is 2.04 bits per heavy atom. The van der Waals surface area contributed by atoms with Crippen LogP contribution in [0.1, 0.15) is 31.4 Å². The highest BCUT2D eigenvalue weighted by Crippen LogP contribution is 2.40. The van der Waals surface area contributed by atoms with Gasteiger partial charge in [0.1, 0.15) is 18.1 Å². The Balaban J connectivity index is 1.76. The fourth-order valence-corrected chi connectivity index (χ4v) is 2.30. The summed E-state index contributed by atoms with van der Waals surface area (Å²) in [5.74, 6) is 1.28. The number of hydrogen-bond donors (Lipinski definition) is 3. The Morgan fingerprint density at radius 3 is 2.67 bits per heavy atom. The van der Waals surface area contributed by atoms with Gasteiger partial charge in [-0.2, -0.15) is 4.98 Å². The maximum absolute atomic E-state index is 10.7. The molecule has 0 amide bonds. The van der Waals surface area contributed by atoms with Crippen LogP contribution in [0, 0.1) is 0 Å². The Labute approximate surface area is 140 Å². The van der Waals surface area contributed by atoms with Gasteiger partial charge in [-0.3, -0.25) is 4.79 Å². The van der Waals surface area contributed by atoms with E-state index in [4.69, 9.17) is 9.84 Å². The smallest absolute Gasteiger partial charge is 0.322 e. The first kappa shape index (κ1) is 16.0. The second-order valence-corrected chi connectivity index (χ2v) is 5.61. The number of carboxylic acids is 1. The van der Waals surface area contributed by atoms with Crippen LogP contribution in [-0.2, 0) is 4.79 Å². The van der Waals surface area contributed by atoms with Gasteiger partial charge in [0.25, 0.3) is 0 Å². The van der Waals surface area contributed by atoms with Gasteiger partial charge in [0.2, 0.25) is 5.95 Å². The maximum atomic E-state index is 10.7. The van der Waals surface area contributed by atoms with E-state index in [0.717, 1.165) is 30.0 Å². The van der Waals surface area contributed by atoms with Crippen LogP contribution in [-0.4, -0.2) is 34.2 Å². The number of carbonyl (C=O) groups is 1. The average Bonchev–Trinajstić information content (AvgIpc) is 3.40. The molecule has 1 saturated carbocycles. The van der Waals surface area contributed by atoms with Gasteiger partial charge in [-0.25, -0.2) is 4.98 Å². The fraction of sp³-hybridized carbons (Fsp3) is 0.353. The van der Waals surface area contributed by atoms with Gasteiger partial charge in [0.05, 0.1) is 12.3 Å². The van der Waals surface area contributed by atoms with Crippen molar-refractivity contribution in [1.29, 1.82) is 0 Å². The van der Waals surface area contributed by atoms with E-state index in [9.17, 15) is 4.79 Å². The summed E-state index contributed by atoms with van der Waals surface area (Å²) in [6, 6.07) is 9.51. The molecule has 0 aliphatic heterocycles.